The monoisotopic (exact) mass is 345 g/mol. The molecule has 4 heterocycles. The molecule has 2 aromatic rings. The topological polar surface area (TPSA) is 54.3 Å². The van der Waals surface area contributed by atoms with Crippen molar-refractivity contribution >= 4 is 17.2 Å². The van der Waals surface area contributed by atoms with Gasteiger partial charge >= 0.3 is 0 Å². The first kappa shape index (κ1) is 15.8. The van der Waals surface area contributed by atoms with E-state index >= 15 is 0 Å². The Hall–Kier alpha value is -1.73. The molecule has 1 amide bonds. The Bertz CT molecular complexity index is 657. The van der Waals surface area contributed by atoms with Crippen LogP contribution < -0.4 is 0 Å². The van der Waals surface area contributed by atoms with Crippen LogP contribution in [0.2, 0.25) is 0 Å². The molecular weight excluding hydrogens is 322 g/mol. The largest absolute Gasteiger partial charge is 0.334 e. The number of nitrogens with zero attached hydrogens (tertiary/aromatic N) is 5. The maximum absolute atomic E-state index is 12.9. The molecule has 2 saturated heterocycles. The van der Waals surface area contributed by atoms with Gasteiger partial charge in [0.2, 0.25) is 5.91 Å². The summed E-state index contributed by atoms with van der Waals surface area (Å²) in [5, 5.41) is 6.30. The van der Waals surface area contributed by atoms with Gasteiger partial charge in [0, 0.05) is 17.5 Å². The standard InChI is InChI=1S/C17H23N5OS/c23-17(22-8-2-5-15(22)16-6-3-9-24-16)11-20-7-1-4-14(20)10-21-13-18-12-19-21/h3,6,9,12-15H,1-2,4-5,7-8,10-11H2/t14-,15+/m1/s1. The number of amides is 1. The fraction of sp³-hybridized carbons (Fsp3) is 0.588. The van der Waals surface area contributed by atoms with Crippen molar-refractivity contribution < 1.29 is 4.79 Å². The van der Waals surface area contributed by atoms with E-state index in [0.717, 1.165) is 45.3 Å². The first-order valence-electron chi connectivity index (χ1n) is 8.70. The van der Waals surface area contributed by atoms with Crippen molar-refractivity contribution in [2.75, 3.05) is 19.6 Å². The first-order valence-corrected chi connectivity index (χ1v) is 9.58. The Morgan fingerprint density at radius 2 is 2.21 bits per heavy atom. The molecule has 24 heavy (non-hydrogen) atoms. The van der Waals surface area contributed by atoms with Gasteiger partial charge in [0.25, 0.3) is 0 Å². The van der Waals surface area contributed by atoms with E-state index in [1.165, 1.54) is 4.88 Å². The lowest BCUT2D eigenvalue weighted by Gasteiger charge is -2.29. The number of aromatic nitrogens is 3. The second kappa shape index (κ2) is 7.03. The average Bonchev–Trinajstić information content (AvgIpc) is 3.37. The molecule has 4 rings (SSSR count). The van der Waals surface area contributed by atoms with Crippen LogP contribution in [0.5, 0.6) is 0 Å². The van der Waals surface area contributed by atoms with E-state index < -0.39 is 0 Å². The van der Waals surface area contributed by atoms with Crippen molar-refractivity contribution in [2.45, 2.75) is 44.3 Å². The molecule has 2 fully saturated rings. The van der Waals surface area contributed by atoms with Crippen LogP contribution in [-0.4, -0.2) is 56.1 Å². The fourth-order valence-corrected chi connectivity index (χ4v) is 4.83. The van der Waals surface area contributed by atoms with Crippen LogP contribution in [0.4, 0.5) is 0 Å². The van der Waals surface area contributed by atoms with Crippen LogP contribution in [0.1, 0.15) is 36.6 Å². The highest BCUT2D eigenvalue weighted by atomic mass is 32.1. The van der Waals surface area contributed by atoms with Gasteiger partial charge in [-0.1, -0.05) is 6.07 Å². The lowest BCUT2D eigenvalue weighted by atomic mass is 10.2. The number of hydrogen-bond donors (Lipinski definition) is 0. The maximum atomic E-state index is 12.9. The molecule has 0 bridgehead atoms. The number of hydrogen-bond acceptors (Lipinski definition) is 5. The molecule has 0 aliphatic carbocycles. The molecule has 7 heteroatoms. The van der Waals surface area contributed by atoms with Crippen molar-refractivity contribution in [1.82, 2.24) is 24.6 Å². The predicted molar refractivity (Wildman–Crippen MR) is 92.6 cm³/mol. The average molecular weight is 345 g/mol. The fourth-order valence-electron chi connectivity index (χ4n) is 3.96. The first-order chi connectivity index (χ1) is 11.8. The molecule has 0 saturated carbocycles. The van der Waals surface area contributed by atoms with E-state index in [9.17, 15) is 4.79 Å². The minimum Gasteiger partial charge on any atom is -0.334 e. The van der Waals surface area contributed by atoms with Gasteiger partial charge in [0.05, 0.1) is 19.1 Å². The molecule has 2 aromatic heterocycles. The van der Waals surface area contributed by atoms with Crippen molar-refractivity contribution in [3.05, 3.63) is 35.0 Å². The van der Waals surface area contributed by atoms with Crippen molar-refractivity contribution in [2.24, 2.45) is 0 Å². The normalized spacial score (nSPS) is 24.8. The molecule has 2 aliphatic heterocycles. The highest BCUT2D eigenvalue weighted by molar-refractivity contribution is 7.10. The zero-order valence-corrected chi connectivity index (χ0v) is 14.6. The summed E-state index contributed by atoms with van der Waals surface area (Å²) in [4.78, 5) is 22.7. The van der Waals surface area contributed by atoms with Crippen LogP contribution in [0.15, 0.2) is 30.2 Å². The molecule has 0 aromatic carbocycles. The molecule has 2 aliphatic rings. The minimum atomic E-state index is 0.274. The van der Waals surface area contributed by atoms with Gasteiger partial charge in [-0.05, 0) is 43.7 Å². The van der Waals surface area contributed by atoms with E-state index in [-0.39, 0.29) is 11.9 Å². The zero-order chi connectivity index (χ0) is 16.4. The Morgan fingerprint density at radius 3 is 3.00 bits per heavy atom. The van der Waals surface area contributed by atoms with Crippen molar-refractivity contribution in [3.63, 3.8) is 0 Å². The van der Waals surface area contributed by atoms with E-state index in [1.54, 1.807) is 24.0 Å². The molecule has 2 atom stereocenters. The molecule has 0 N–H and O–H groups in total. The third-order valence-electron chi connectivity index (χ3n) is 5.15. The summed E-state index contributed by atoms with van der Waals surface area (Å²) in [6, 6.07) is 4.91. The van der Waals surface area contributed by atoms with Crippen molar-refractivity contribution in [1.29, 1.82) is 0 Å². The van der Waals surface area contributed by atoms with Crippen LogP contribution in [0, 0.1) is 0 Å². The summed E-state index contributed by atoms with van der Waals surface area (Å²) < 4.78 is 1.87. The SMILES string of the molecule is O=C(CN1CCC[C@@H]1Cn1cncn1)N1CCC[C@H]1c1cccs1. The van der Waals surface area contributed by atoms with E-state index in [2.05, 4.69) is 37.4 Å². The minimum absolute atomic E-state index is 0.274. The molecule has 128 valence electrons. The summed E-state index contributed by atoms with van der Waals surface area (Å²) >= 11 is 1.76. The predicted octanol–water partition coefficient (Wildman–Crippen LogP) is 2.17. The highest BCUT2D eigenvalue weighted by Crippen LogP contribution is 2.34. The zero-order valence-electron chi connectivity index (χ0n) is 13.8. The summed E-state index contributed by atoms with van der Waals surface area (Å²) in [7, 11) is 0. The highest BCUT2D eigenvalue weighted by Gasteiger charge is 2.33. The number of rotatable bonds is 5. The third kappa shape index (κ3) is 3.23. The Morgan fingerprint density at radius 1 is 1.29 bits per heavy atom. The van der Waals surface area contributed by atoms with E-state index in [1.807, 2.05) is 4.68 Å². The van der Waals surface area contributed by atoms with Crippen LogP contribution in [-0.2, 0) is 11.3 Å². The summed E-state index contributed by atoms with van der Waals surface area (Å²) in [5.74, 6) is 0.274. The number of carbonyl (C=O) groups excluding carboxylic acids is 1. The van der Waals surface area contributed by atoms with Gasteiger partial charge in [-0.2, -0.15) is 5.10 Å². The van der Waals surface area contributed by atoms with E-state index in [4.69, 9.17) is 0 Å². The Balaban J connectivity index is 1.39. The maximum Gasteiger partial charge on any atom is 0.237 e. The molecule has 6 nitrogen and oxygen atoms in total. The third-order valence-corrected chi connectivity index (χ3v) is 6.12. The molecule has 0 unspecified atom stereocenters. The molecule has 0 radical (unpaired) electrons. The smallest absolute Gasteiger partial charge is 0.237 e. The lowest BCUT2D eigenvalue weighted by Crippen LogP contribution is -2.43. The van der Waals surface area contributed by atoms with Gasteiger partial charge in [-0.3, -0.25) is 14.4 Å². The molecular formula is C17H23N5OS. The number of thiophene rings is 1. The van der Waals surface area contributed by atoms with Gasteiger partial charge in [0.15, 0.2) is 0 Å². The number of likely N-dealkylation sites (tertiary alicyclic amines) is 2. The lowest BCUT2D eigenvalue weighted by molar-refractivity contribution is -0.133. The summed E-state index contributed by atoms with van der Waals surface area (Å²) in [6.45, 7) is 3.24. The van der Waals surface area contributed by atoms with Crippen LogP contribution in [0.3, 0.4) is 0 Å². The second-order valence-corrected chi connectivity index (χ2v) is 7.62. The second-order valence-electron chi connectivity index (χ2n) is 6.64. The van der Waals surface area contributed by atoms with Gasteiger partial charge in [0.1, 0.15) is 12.7 Å². The Kier molecular flexibility index (Phi) is 4.62. The van der Waals surface area contributed by atoms with Gasteiger partial charge in [-0.25, -0.2) is 4.98 Å². The molecule has 0 spiro atoms. The van der Waals surface area contributed by atoms with Crippen LogP contribution >= 0.6 is 11.3 Å². The summed E-state index contributed by atoms with van der Waals surface area (Å²) in [6.07, 6.45) is 7.81. The van der Waals surface area contributed by atoms with Gasteiger partial charge < -0.3 is 4.90 Å². The quantitative estimate of drug-likeness (QED) is 0.833. The van der Waals surface area contributed by atoms with Crippen molar-refractivity contribution in [3.8, 4) is 0 Å². The van der Waals surface area contributed by atoms with E-state index in [0.29, 0.717) is 12.6 Å². The Labute approximate surface area is 146 Å². The van der Waals surface area contributed by atoms with Gasteiger partial charge in [-0.15, -0.1) is 11.3 Å². The summed E-state index contributed by atoms with van der Waals surface area (Å²) in [5.41, 5.74) is 0. The number of carbonyl (C=O) groups is 1. The van der Waals surface area contributed by atoms with Crippen LogP contribution in [0.25, 0.3) is 0 Å².